The van der Waals surface area contributed by atoms with Crippen molar-refractivity contribution in [1.29, 1.82) is 0 Å². The lowest BCUT2D eigenvalue weighted by Crippen LogP contribution is -2.47. The number of likely N-dealkylation sites (N-methyl/N-ethyl adjacent to an activating group) is 1. The van der Waals surface area contributed by atoms with Gasteiger partial charge in [-0.1, -0.05) is 25.1 Å². The fourth-order valence-electron chi connectivity index (χ4n) is 3.22. The Bertz CT molecular complexity index is 797. The van der Waals surface area contributed by atoms with Gasteiger partial charge in [-0.15, -0.1) is 0 Å². The van der Waals surface area contributed by atoms with Gasteiger partial charge in [0.2, 0.25) is 5.95 Å². The first-order valence-corrected chi connectivity index (χ1v) is 9.17. The minimum atomic E-state index is -0.0212. The molecule has 26 heavy (non-hydrogen) atoms. The standard InChI is InChI=1S/C20H27N5O/c1-5-16-8-6-7-14(2)18(16)23-20-21-15(3)13-17(22-20)19(26)25-11-9-24(4)10-12-25/h6-8,13H,5,9-12H2,1-4H3,(H,21,22,23). The van der Waals surface area contributed by atoms with Gasteiger partial charge in [-0.05, 0) is 44.5 Å². The number of carbonyl (C=O) groups excluding carboxylic acids is 1. The zero-order valence-corrected chi connectivity index (χ0v) is 16.0. The molecule has 2 aromatic rings. The van der Waals surface area contributed by atoms with Crippen molar-refractivity contribution in [1.82, 2.24) is 19.8 Å². The Morgan fingerprint density at radius 3 is 2.58 bits per heavy atom. The first-order valence-electron chi connectivity index (χ1n) is 9.17. The molecule has 1 aromatic heterocycles. The first kappa shape index (κ1) is 18.3. The number of amides is 1. The normalized spacial score (nSPS) is 15.2. The molecule has 1 saturated heterocycles. The SMILES string of the molecule is CCc1cccc(C)c1Nc1nc(C)cc(C(=O)N2CCN(C)CC2)n1. The van der Waals surface area contributed by atoms with Crippen LogP contribution in [0.5, 0.6) is 0 Å². The predicted octanol–water partition coefficient (Wildman–Crippen LogP) is 2.79. The number of nitrogens with zero attached hydrogens (tertiary/aromatic N) is 4. The van der Waals surface area contributed by atoms with Crippen molar-refractivity contribution in [2.75, 3.05) is 38.5 Å². The average Bonchev–Trinajstić information content (AvgIpc) is 2.63. The Morgan fingerprint density at radius 1 is 1.15 bits per heavy atom. The summed E-state index contributed by atoms with van der Waals surface area (Å²) in [5, 5.41) is 3.34. The van der Waals surface area contributed by atoms with E-state index >= 15 is 0 Å². The fourth-order valence-corrected chi connectivity index (χ4v) is 3.22. The Morgan fingerprint density at radius 2 is 1.88 bits per heavy atom. The maximum atomic E-state index is 12.8. The number of anilines is 2. The highest BCUT2D eigenvalue weighted by atomic mass is 16.2. The predicted molar refractivity (Wildman–Crippen MR) is 104 cm³/mol. The second-order valence-electron chi connectivity index (χ2n) is 6.90. The van der Waals surface area contributed by atoms with Crippen LogP contribution >= 0.6 is 0 Å². The summed E-state index contributed by atoms with van der Waals surface area (Å²) >= 11 is 0. The van der Waals surface area contributed by atoms with Gasteiger partial charge in [-0.25, -0.2) is 9.97 Å². The molecule has 0 bridgehead atoms. The zero-order chi connectivity index (χ0) is 18.7. The van der Waals surface area contributed by atoms with E-state index in [9.17, 15) is 4.79 Å². The maximum absolute atomic E-state index is 12.8. The molecule has 1 fully saturated rings. The molecule has 0 atom stereocenters. The highest BCUT2D eigenvalue weighted by Gasteiger charge is 2.22. The molecular formula is C20H27N5O. The molecule has 3 rings (SSSR count). The van der Waals surface area contributed by atoms with E-state index in [4.69, 9.17) is 0 Å². The van der Waals surface area contributed by atoms with Gasteiger partial charge in [0.25, 0.3) is 5.91 Å². The van der Waals surface area contributed by atoms with Gasteiger partial charge in [0.15, 0.2) is 0 Å². The van der Waals surface area contributed by atoms with Crippen LogP contribution in [-0.2, 0) is 6.42 Å². The Hall–Kier alpha value is -2.47. The van der Waals surface area contributed by atoms with Gasteiger partial charge < -0.3 is 15.1 Å². The molecule has 0 saturated carbocycles. The third-order valence-electron chi connectivity index (χ3n) is 4.84. The monoisotopic (exact) mass is 353 g/mol. The van der Waals surface area contributed by atoms with Crippen molar-refractivity contribution in [2.45, 2.75) is 27.2 Å². The molecule has 2 heterocycles. The van der Waals surface area contributed by atoms with Crippen LogP contribution in [0.2, 0.25) is 0 Å². The average molecular weight is 353 g/mol. The largest absolute Gasteiger partial charge is 0.335 e. The van der Waals surface area contributed by atoms with E-state index in [1.165, 1.54) is 5.56 Å². The summed E-state index contributed by atoms with van der Waals surface area (Å²) in [7, 11) is 2.08. The number of nitrogens with one attached hydrogen (secondary N) is 1. The third kappa shape index (κ3) is 4.02. The van der Waals surface area contributed by atoms with E-state index in [1.54, 1.807) is 6.07 Å². The molecular weight excluding hydrogens is 326 g/mol. The molecule has 0 aliphatic carbocycles. The van der Waals surface area contributed by atoms with Crippen LogP contribution in [-0.4, -0.2) is 58.9 Å². The molecule has 1 N–H and O–H groups in total. The van der Waals surface area contributed by atoms with E-state index in [-0.39, 0.29) is 5.91 Å². The van der Waals surface area contributed by atoms with E-state index in [0.717, 1.165) is 49.5 Å². The van der Waals surface area contributed by atoms with Crippen molar-refractivity contribution in [3.63, 3.8) is 0 Å². The Balaban J connectivity index is 1.85. The van der Waals surface area contributed by atoms with Gasteiger partial charge >= 0.3 is 0 Å². The van der Waals surface area contributed by atoms with Crippen LogP contribution in [0.4, 0.5) is 11.6 Å². The van der Waals surface area contributed by atoms with Crippen LogP contribution < -0.4 is 5.32 Å². The lowest BCUT2D eigenvalue weighted by Gasteiger charge is -2.32. The van der Waals surface area contributed by atoms with Gasteiger partial charge in [0, 0.05) is 37.6 Å². The summed E-state index contributed by atoms with van der Waals surface area (Å²) in [4.78, 5) is 25.9. The van der Waals surface area contributed by atoms with E-state index in [2.05, 4.69) is 59.3 Å². The second kappa shape index (κ2) is 7.83. The molecule has 0 radical (unpaired) electrons. The number of benzene rings is 1. The third-order valence-corrected chi connectivity index (χ3v) is 4.84. The summed E-state index contributed by atoms with van der Waals surface area (Å²) in [6.07, 6.45) is 0.920. The van der Waals surface area contributed by atoms with Crippen molar-refractivity contribution in [3.8, 4) is 0 Å². The molecule has 1 amide bonds. The van der Waals surface area contributed by atoms with Crippen molar-refractivity contribution in [2.24, 2.45) is 0 Å². The van der Waals surface area contributed by atoms with Gasteiger partial charge in [0.1, 0.15) is 5.69 Å². The first-order chi connectivity index (χ1) is 12.5. The van der Waals surface area contributed by atoms with Gasteiger partial charge in [0.05, 0.1) is 0 Å². The summed E-state index contributed by atoms with van der Waals surface area (Å²) in [5.74, 6) is 0.457. The Labute approximate surface area is 155 Å². The molecule has 1 aliphatic rings. The topological polar surface area (TPSA) is 61.4 Å². The molecule has 0 spiro atoms. The highest BCUT2D eigenvalue weighted by Crippen LogP contribution is 2.24. The smallest absolute Gasteiger partial charge is 0.272 e. The number of rotatable bonds is 4. The minimum absolute atomic E-state index is 0.0212. The van der Waals surface area contributed by atoms with Crippen molar-refractivity contribution in [3.05, 3.63) is 46.8 Å². The number of aromatic nitrogens is 2. The summed E-state index contributed by atoms with van der Waals surface area (Å²) < 4.78 is 0. The maximum Gasteiger partial charge on any atom is 0.272 e. The highest BCUT2D eigenvalue weighted by molar-refractivity contribution is 5.92. The second-order valence-corrected chi connectivity index (χ2v) is 6.90. The zero-order valence-electron chi connectivity index (χ0n) is 16.0. The molecule has 1 aliphatic heterocycles. The molecule has 0 unspecified atom stereocenters. The van der Waals surface area contributed by atoms with Crippen molar-refractivity contribution < 1.29 is 4.79 Å². The number of hydrogen-bond donors (Lipinski definition) is 1. The lowest BCUT2D eigenvalue weighted by atomic mass is 10.1. The van der Waals surface area contributed by atoms with E-state index < -0.39 is 0 Å². The number of para-hydroxylation sites is 1. The van der Waals surface area contributed by atoms with Crippen LogP contribution in [0.3, 0.4) is 0 Å². The summed E-state index contributed by atoms with van der Waals surface area (Å²) in [5.41, 5.74) is 4.62. The quantitative estimate of drug-likeness (QED) is 0.916. The van der Waals surface area contributed by atoms with Crippen LogP contribution in [0, 0.1) is 13.8 Å². The fraction of sp³-hybridized carbons (Fsp3) is 0.450. The number of aryl methyl sites for hydroxylation is 3. The van der Waals surface area contributed by atoms with Crippen LogP contribution in [0.1, 0.15) is 34.2 Å². The van der Waals surface area contributed by atoms with E-state index in [1.807, 2.05) is 11.8 Å². The number of hydrogen-bond acceptors (Lipinski definition) is 5. The minimum Gasteiger partial charge on any atom is -0.335 e. The van der Waals surface area contributed by atoms with Gasteiger partial charge in [-0.2, -0.15) is 0 Å². The number of carbonyl (C=O) groups is 1. The molecule has 1 aromatic carbocycles. The van der Waals surface area contributed by atoms with Crippen molar-refractivity contribution >= 4 is 17.5 Å². The van der Waals surface area contributed by atoms with Crippen LogP contribution in [0.25, 0.3) is 0 Å². The lowest BCUT2D eigenvalue weighted by molar-refractivity contribution is 0.0658. The molecule has 138 valence electrons. The van der Waals surface area contributed by atoms with E-state index in [0.29, 0.717) is 11.6 Å². The van der Waals surface area contributed by atoms with Crippen LogP contribution in [0.15, 0.2) is 24.3 Å². The summed E-state index contributed by atoms with van der Waals surface area (Å²) in [6, 6.07) is 7.98. The molecule has 6 heteroatoms. The molecule has 6 nitrogen and oxygen atoms in total. The Kier molecular flexibility index (Phi) is 5.52. The van der Waals surface area contributed by atoms with Gasteiger partial charge in [-0.3, -0.25) is 4.79 Å². The summed E-state index contributed by atoms with van der Waals surface area (Å²) in [6.45, 7) is 9.34. The number of piperazine rings is 1.